The molecule has 8 nitrogen and oxygen atoms in total. The normalized spacial score (nSPS) is 26.9. The average molecular weight is 527 g/mol. The van der Waals surface area contributed by atoms with E-state index in [1.54, 1.807) is 0 Å². The van der Waals surface area contributed by atoms with Crippen LogP contribution in [0.15, 0.2) is 117 Å². The van der Waals surface area contributed by atoms with Gasteiger partial charge in [0.2, 0.25) is 0 Å². The Hall–Kier alpha value is -5.44. The maximum absolute atomic E-state index is 5.47. The van der Waals surface area contributed by atoms with E-state index >= 15 is 0 Å². The Labute approximate surface area is 232 Å². The van der Waals surface area contributed by atoms with Gasteiger partial charge in [-0.15, -0.1) is 0 Å². The summed E-state index contributed by atoms with van der Waals surface area (Å²) in [5.74, 6) is 7.01. The van der Waals surface area contributed by atoms with Crippen LogP contribution in [0.5, 0.6) is 0 Å². The van der Waals surface area contributed by atoms with Crippen LogP contribution in [0.3, 0.4) is 0 Å². The van der Waals surface area contributed by atoms with Gasteiger partial charge in [-0.3, -0.25) is 0 Å². The SMILES string of the molecule is c1ccc2c(c1)C1=NC3=c4ccccc4=C4N=C5c6ccccc6C6=[N+]5C5([N+]1=C2N=C1c2ccccc2C(=N6)[NH+]15)[NH+]34. The zero-order valence-electron chi connectivity index (χ0n) is 21.4. The number of hydrogen-bond donors (Lipinski definition) is 2. The number of rotatable bonds is 0. The Kier molecular flexibility index (Phi) is 2.87. The van der Waals surface area contributed by atoms with Crippen LogP contribution in [0, 0.1) is 0 Å². The van der Waals surface area contributed by atoms with E-state index in [2.05, 4.69) is 106 Å². The van der Waals surface area contributed by atoms with Crippen LogP contribution in [0.1, 0.15) is 33.4 Å². The lowest BCUT2D eigenvalue weighted by molar-refractivity contribution is -1.23. The second-order valence-electron chi connectivity index (χ2n) is 11.4. The van der Waals surface area contributed by atoms with Crippen molar-refractivity contribution in [2.45, 2.75) is 5.91 Å². The molecule has 0 saturated heterocycles. The fourth-order valence-electron chi connectivity index (χ4n) is 8.26. The minimum atomic E-state index is -0.756. The van der Waals surface area contributed by atoms with Crippen molar-refractivity contribution in [3.8, 4) is 0 Å². The molecule has 4 aromatic carbocycles. The standard InChI is InChI=1S/C33H16N8/c1-2-10-18-17(9-1)25-34-27-19-11-3-4-12-20(19)29-36-31-23-15-7-8-16-24(23)32-37-30-22-14-6-5-13-21(22)28-35-26(18)38(25)33(39(27)29,40(28)30)41(31)32/h1-16H/q+2/p+2. The van der Waals surface area contributed by atoms with Crippen molar-refractivity contribution >= 4 is 46.7 Å². The molecule has 0 bridgehead atoms. The first kappa shape index (κ1) is 19.6. The van der Waals surface area contributed by atoms with Crippen molar-refractivity contribution in [2.24, 2.45) is 20.0 Å². The van der Waals surface area contributed by atoms with Gasteiger partial charge < -0.3 is 0 Å². The minimum Gasteiger partial charge on any atom is -0.0883 e. The van der Waals surface area contributed by atoms with Crippen molar-refractivity contribution in [1.29, 1.82) is 0 Å². The predicted molar refractivity (Wildman–Crippen MR) is 151 cm³/mol. The molecule has 0 atom stereocenters. The predicted octanol–water partition coefficient (Wildman–Crippen LogP) is -1.09. The van der Waals surface area contributed by atoms with Gasteiger partial charge in [-0.1, -0.05) is 67.5 Å². The van der Waals surface area contributed by atoms with Crippen LogP contribution >= 0.6 is 0 Å². The van der Waals surface area contributed by atoms with E-state index in [-0.39, 0.29) is 0 Å². The lowest BCUT2D eigenvalue weighted by atomic mass is 10.1. The highest BCUT2D eigenvalue weighted by atomic mass is 15.8. The molecule has 12 rings (SSSR count). The minimum absolute atomic E-state index is 0.756. The molecule has 1 spiro atoms. The summed E-state index contributed by atoms with van der Waals surface area (Å²) in [6, 6.07) is 34.3. The molecule has 8 heterocycles. The third kappa shape index (κ3) is 1.80. The largest absolute Gasteiger partial charge is 0.520 e. The molecule has 0 amide bonds. The number of quaternary nitrogens is 2. The van der Waals surface area contributed by atoms with Crippen LogP contribution in [-0.4, -0.2) is 50.1 Å². The van der Waals surface area contributed by atoms with E-state index in [1.165, 1.54) is 0 Å². The molecule has 41 heavy (non-hydrogen) atoms. The Balaban J connectivity index is 1.38. The Morgan fingerprint density at radius 1 is 0.439 bits per heavy atom. The number of fused-ring (bicyclic) bond motifs is 10. The maximum Gasteiger partial charge on any atom is 0.520 e. The van der Waals surface area contributed by atoms with Crippen molar-refractivity contribution in [3.63, 3.8) is 0 Å². The highest BCUT2D eigenvalue weighted by molar-refractivity contribution is 6.27. The highest BCUT2D eigenvalue weighted by Crippen LogP contribution is 2.37. The van der Waals surface area contributed by atoms with E-state index in [4.69, 9.17) is 20.0 Å². The zero-order chi connectivity index (χ0) is 26.2. The molecule has 8 heteroatoms. The van der Waals surface area contributed by atoms with Crippen LogP contribution in [0.2, 0.25) is 0 Å². The average Bonchev–Trinajstić information content (AvgIpc) is 3.74. The molecule has 0 saturated carbocycles. The van der Waals surface area contributed by atoms with E-state index in [1.807, 2.05) is 0 Å². The maximum atomic E-state index is 5.47. The first-order chi connectivity index (χ1) is 20.4. The molecule has 0 radical (unpaired) electrons. The second kappa shape index (κ2) is 6.00. The number of benzene rings is 4. The van der Waals surface area contributed by atoms with E-state index < -0.39 is 5.91 Å². The molecule has 4 aromatic rings. The fourth-order valence-corrected chi connectivity index (χ4v) is 8.26. The van der Waals surface area contributed by atoms with E-state index in [0.29, 0.717) is 0 Å². The fraction of sp³-hybridized carbons (Fsp3) is 0.0303. The third-order valence-electron chi connectivity index (χ3n) is 9.70. The number of aliphatic imine (C=N–C) groups is 4. The van der Waals surface area contributed by atoms with Crippen LogP contribution in [0.25, 0.3) is 11.6 Å². The Morgan fingerprint density at radius 2 is 0.854 bits per heavy atom. The molecular formula is C33H18N8+4. The lowest BCUT2D eigenvalue weighted by Gasteiger charge is -2.41. The van der Waals surface area contributed by atoms with E-state index in [0.717, 1.165) is 100 Å². The number of amidine groups is 6. The molecule has 8 aliphatic rings. The summed E-state index contributed by atoms with van der Waals surface area (Å²) in [5.41, 5.74) is 6.71. The summed E-state index contributed by atoms with van der Waals surface area (Å²) in [6.07, 6.45) is 0. The monoisotopic (exact) mass is 526 g/mol. The Bertz CT molecular complexity index is 2270. The van der Waals surface area contributed by atoms with Gasteiger partial charge in [0.1, 0.15) is 0 Å². The van der Waals surface area contributed by atoms with Gasteiger partial charge in [0, 0.05) is 0 Å². The zero-order valence-corrected chi connectivity index (χ0v) is 21.4. The molecule has 0 aromatic heterocycles. The van der Waals surface area contributed by atoms with Crippen LogP contribution in [0.4, 0.5) is 0 Å². The van der Waals surface area contributed by atoms with Gasteiger partial charge in [0.25, 0.3) is 23.3 Å². The van der Waals surface area contributed by atoms with Crippen molar-refractivity contribution in [2.75, 3.05) is 0 Å². The number of nitrogens with one attached hydrogen (secondary N) is 2. The first-order valence-electron chi connectivity index (χ1n) is 13.9. The summed E-state index contributed by atoms with van der Waals surface area (Å²) >= 11 is 0. The quantitative estimate of drug-likeness (QED) is 0.274. The van der Waals surface area contributed by atoms with Gasteiger partial charge in [-0.05, 0) is 68.5 Å². The van der Waals surface area contributed by atoms with Gasteiger partial charge in [0.05, 0.1) is 43.8 Å². The van der Waals surface area contributed by atoms with Gasteiger partial charge in [-0.25, -0.2) is 0 Å². The molecule has 186 valence electrons. The molecule has 0 fully saturated rings. The van der Waals surface area contributed by atoms with E-state index in [9.17, 15) is 0 Å². The molecule has 2 N–H and O–H groups in total. The smallest absolute Gasteiger partial charge is 0.0883 e. The van der Waals surface area contributed by atoms with Crippen molar-refractivity contribution in [3.05, 3.63) is 141 Å². The Morgan fingerprint density at radius 3 is 1.34 bits per heavy atom. The van der Waals surface area contributed by atoms with Gasteiger partial charge in [0.15, 0.2) is 0 Å². The van der Waals surface area contributed by atoms with Crippen LogP contribution < -0.4 is 20.2 Å². The second-order valence-corrected chi connectivity index (χ2v) is 11.4. The van der Waals surface area contributed by atoms with Crippen molar-refractivity contribution in [1.82, 2.24) is 0 Å². The molecule has 0 aliphatic carbocycles. The third-order valence-corrected chi connectivity index (χ3v) is 9.70. The van der Waals surface area contributed by atoms with Crippen molar-refractivity contribution < 1.29 is 19.0 Å². The first-order valence-corrected chi connectivity index (χ1v) is 13.9. The summed E-state index contributed by atoms with van der Waals surface area (Å²) < 4.78 is 4.81. The van der Waals surface area contributed by atoms with Crippen LogP contribution in [-0.2, 0) is 0 Å². The molecular weight excluding hydrogens is 508 g/mol. The molecule has 8 aliphatic heterocycles. The number of hydrogen-bond acceptors (Lipinski definition) is 4. The highest BCUT2D eigenvalue weighted by Gasteiger charge is 2.84. The summed E-state index contributed by atoms with van der Waals surface area (Å²) in [4.78, 5) is 24.1. The lowest BCUT2D eigenvalue weighted by Crippen LogP contribution is -3.45. The summed E-state index contributed by atoms with van der Waals surface area (Å²) in [6.45, 7) is 0. The topological polar surface area (TPSA) is 64.3 Å². The summed E-state index contributed by atoms with van der Waals surface area (Å²) in [5, 5.41) is 2.27. The van der Waals surface area contributed by atoms with Gasteiger partial charge in [-0.2, -0.15) is 0 Å². The number of nitrogens with zero attached hydrogens (tertiary/aromatic N) is 6. The summed E-state index contributed by atoms with van der Waals surface area (Å²) in [7, 11) is 0. The van der Waals surface area contributed by atoms with Gasteiger partial charge >= 0.3 is 29.2 Å². The molecule has 0 unspecified atom stereocenters.